The van der Waals surface area contributed by atoms with Crippen LogP contribution in [0.5, 0.6) is 0 Å². The fourth-order valence-corrected chi connectivity index (χ4v) is 3.06. The fourth-order valence-electron chi connectivity index (χ4n) is 2.10. The summed E-state index contributed by atoms with van der Waals surface area (Å²) in [5.41, 5.74) is 0.660. The largest absolute Gasteiger partial charge is 0.462 e. The first-order chi connectivity index (χ1) is 12.4. The van der Waals surface area contributed by atoms with Crippen LogP contribution in [0.3, 0.4) is 0 Å². The number of nitrogens with zero attached hydrogens (tertiary/aromatic N) is 2. The van der Waals surface area contributed by atoms with Gasteiger partial charge >= 0.3 is 5.97 Å². The van der Waals surface area contributed by atoms with E-state index in [2.05, 4.69) is 25.9 Å². The molecule has 0 aromatic carbocycles. The average Bonchev–Trinajstić information content (AvgIpc) is 3.01. The highest BCUT2D eigenvalue weighted by molar-refractivity contribution is 14.0. The van der Waals surface area contributed by atoms with Crippen LogP contribution in [0.1, 0.15) is 60.0 Å². The van der Waals surface area contributed by atoms with Crippen molar-refractivity contribution in [2.24, 2.45) is 4.99 Å². The SMILES string of the molecule is CCCNC(=O)CCNC(=NC)NC(C)c1nc(C)c(C(=O)OCC)s1.I. The van der Waals surface area contributed by atoms with E-state index in [9.17, 15) is 9.59 Å². The van der Waals surface area contributed by atoms with Crippen LogP contribution in [0, 0.1) is 6.92 Å². The predicted octanol–water partition coefficient (Wildman–Crippen LogP) is 2.39. The van der Waals surface area contributed by atoms with E-state index < -0.39 is 0 Å². The molecule has 3 N–H and O–H groups in total. The summed E-state index contributed by atoms with van der Waals surface area (Å²) in [5.74, 6) is 0.241. The zero-order chi connectivity index (χ0) is 19.5. The molecule has 0 bridgehead atoms. The number of halogens is 1. The quantitative estimate of drug-likeness (QED) is 0.204. The van der Waals surface area contributed by atoms with Crippen LogP contribution in [0.25, 0.3) is 0 Å². The summed E-state index contributed by atoms with van der Waals surface area (Å²) >= 11 is 1.31. The number of guanidine groups is 1. The molecule has 0 spiro atoms. The molecular formula is C17H30IN5O3S. The van der Waals surface area contributed by atoms with Crippen LogP contribution in [0.2, 0.25) is 0 Å². The summed E-state index contributed by atoms with van der Waals surface area (Å²) in [4.78, 5) is 32.6. The van der Waals surface area contributed by atoms with Gasteiger partial charge < -0.3 is 20.7 Å². The molecule has 0 saturated heterocycles. The van der Waals surface area contributed by atoms with E-state index in [4.69, 9.17) is 4.74 Å². The molecular weight excluding hydrogens is 481 g/mol. The van der Waals surface area contributed by atoms with Gasteiger partial charge in [-0.2, -0.15) is 0 Å². The monoisotopic (exact) mass is 511 g/mol. The molecule has 1 amide bonds. The van der Waals surface area contributed by atoms with Gasteiger partial charge in [0.25, 0.3) is 0 Å². The summed E-state index contributed by atoms with van der Waals surface area (Å²) in [7, 11) is 1.66. The summed E-state index contributed by atoms with van der Waals surface area (Å²) < 4.78 is 5.04. The molecule has 1 unspecified atom stereocenters. The number of amides is 1. The smallest absolute Gasteiger partial charge is 0.350 e. The van der Waals surface area contributed by atoms with Gasteiger partial charge in [0.2, 0.25) is 5.91 Å². The van der Waals surface area contributed by atoms with E-state index in [0.717, 1.165) is 11.4 Å². The Labute approximate surface area is 182 Å². The molecule has 1 rings (SSSR count). The Morgan fingerprint density at radius 1 is 1.26 bits per heavy atom. The summed E-state index contributed by atoms with van der Waals surface area (Å²) in [6.07, 6.45) is 1.29. The predicted molar refractivity (Wildman–Crippen MR) is 119 cm³/mol. The van der Waals surface area contributed by atoms with Gasteiger partial charge in [-0.25, -0.2) is 9.78 Å². The van der Waals surface area contributed by atoms with Gasteiger partial charge in [0.15, 0.2) is 5.96 Å². The second kappa shape index (κ2) is 13.7. The Hall–Kier alpha value is -1.43. The van der Waals surface area contributed by atoms with E-state index in [1.165, 1.54) is 11.3 Å². The van der Waals surface area contributed by atoms with Crippen LogP contribution < -0.4 is 16.0 Å². The minimum atomic E-state index is -0.346. The number of nitrogens with one attached hydrogen (secondary N) is 3. The van der Waals surface area contributed by atoms with Crippen molar-refractivity contribution in [3.8, 4) is 0 Å². The van der Waals surface area contributed by atoms with Crippen LogP contribution >= 0.6 is 35.3 Å². The number of rotatable bonds is 9. The maximum absolute atomic E-state index is 11.9. The van der Waals surface area contributed by atoms with Crippen molar-refractivity contribution in [1.29, 1.82) is 0 Å². The number of hydrogen-bond acceptors (Lipinski definition) is 6. The summed E-state index contributed by atoms with van der Waals surface area (Å²) in [6.45, 7) is 9.02. The lowest BCUT2D eigenvalue weighted by Gasteiger charge is -2.16. The Morgan fingerprint density at radius 3 is 2.56 bits per heavy atom. The highest BCUT2D eigenvalue weighted by Gasteiger charge is 2.20. The number of carbonyl (C=O) groups is 2. The summed E-state index contributed by atoms with van der Waals surface area (Å²) in [6, 6.07) is -0.137. The third-order valence-corrected chi connectivity index (χ3v) is 4.76. The lowest BCUT2D eigenvalue weighted by atomic mass is 10.3. The van der Waals surface area contributed by atoms with E-state index in [1.807, 2.05) is 13.8 Å². The van der Waals surface area contributed by atoms with Crippen molar-refractivity contribution in [1.82, 2.24) is 20.9 Å². The number of esters is 1. The second-order valence-corrected chi connectivity index (χ2v) is 6.68. The van der Waals surface area contributed by atoms with Gasteiger partial charge in [-0.15, -0.1) is 35.3 Å². The minimum Gasteiger partial charge on any atom is -0.462 e. The molecule has 27 heavy (non-hydrogen) atoms. The topological polar surface area (TPSA) is 105 Å². The van der Waals surface area contributed by atoms with Gasteiger partial charge in [-0.05, 0) is 27.2 Å². The van der Waals surface area contributed by atoms with Crippen molar-refractivity contribution >= 4 is 53.1 Å². The number of aromatic nitrogens is 1. The van der Waals surface area contributed by atoms with E-state index in [0.29, 0.717) is 42.6 Å². The van der Waals surface area contributed by atoms with Crippen molar-refractivity contribution in [2.75, 3.05) is 26.7 Å². The van der Waals surface area contributed by atoms with Crippen molar-refractivity contribution in [3.05, 3.63) is 15.6 Å². The van der Waals surface area contributed by atoms with E-state index >= 15 is 0 Å². The summed E-state index contributed by atoms with van der Waals surface area (Å²) in [5, 5.41) is 9.92. The Balaban J connectivity index is 0.00000676. The van der Waals surface area contributed by atoms with Crippen LogP contribution in [0.15, 0.2) is 4.99 Å². The van der Waals surface area contributed by atoms with Gasteiger partial charge in [0, 0.05) is 26.6 Å². The standard InChI is InChI=1S/C17H29N5O3S.HI/c1-6-9-19-13(23)8-10-20-17(18-5)22-12(4)15-21-11(3)14(26-15)16(24)25-7-2;/h12H,6-10H2,1-5H3,(H,19,23)(H2,18,20,22);1H. The normalized spacial score (nSPS) is 12.0. The van der Waals surface area contributed by atoms with Gasteiger partial charge in [-0.3, -0.25) is 9.79 Å². The Morgan fingerprint density at radius 2 is 1.96 bits per heavy atom. The highest BCUT2D eigenvalue weighted by atomic mass is 127. The van der Waals surface area contributed by atoms with Crippen molar-refractivity contribution in [3.63, 3.8) is 0 Å². The van der Waals surface area contributed by atoms with Crippen LogP contribution in [-0.2, 0) is 9.53 Å². The Bertz CT molecular complexity index is 636. The zero-order valence-corrected chi connectivity index (χ0v) is 19.7. The molecule has 0 radical (unpaired) electrons. The molecule has 0 fully saturated rings. The van der Waals surface area contributed by atoms with Crippen LogP contribution in [-0.4, -0.2) is 49.6 Å². The first-order valence-electron chi connectivity index (χ1n) is 8.81. The zero-order valence-electron chi connectivity index (χ0n) is 16.5. The van der Waals surface area contributed by atoms with Gasteiger partial charge in [0.05, 0.1) is 18.3 Å². The number of hydrogen-bond donors (Lipinski definition) is 3. The second-order valence-electron chi connectivity index (χ2n) is 5.65. The molecule has 154 valence electrons. The number of thiazole rings is 1. The van der Waals surface area contributed by atoms with E-state index in [-0.39, 0.29) is 41.9 Å². The minimum absolute atomic E-state index is 0. The average molecular weight is 511 g/mol. The molecule has 10 heteroatoms. The molecule has 1 heterocycles. The fraction of sp³-hybridized carbons (Fsp3) is 0.647. The lowest BCUT2D eigenvalue weighted by molar-refractivity contribution is -0.120. The number of aliphatic imine (C=N–C) groups is 1. The van der Waals surface area contributed by atoms with E-state index in [1.54, 1.807) is 20.9 Å². The molecule has 0 aliphatic rings. The number of carbonyl (C=O) groups excluding carboxylic acids is 2. The highest BCUT2D eigenvalue weighted by Crippen LogP contribution is 2.24. The molecule has 1 aromatic rings. The lowest BCUT2D eigenvalue weighted by Crippen LogP contribution is -2.40. The first kappa shape index (κ1) is 25.6. The molecule has 1 atom stereocenters. The first-order valence-corrected chi connectivity index (χ1v) is 9.62. The maximum Gasteiger partial charge on any atom is 0.350 e. The van der Waals surface area contributed by atoms with Crippen molar-refractivity contribution < 1.29 is 14.3 Å². The van der Waals surface area contributed by atoms with Crippen molar-refractivity contribution in [2.45, 2.75) is 46.6 Å². The van der Waals surface area contributed by atoms with Gasteiger partial charge in [-0.1, -0.05) is 6.92 Å². The molecule has 0 saturated carbocycles. The third kappa shape index (κ3) is 8.87. The molecule has 8 nitrogen and oxygen atoms in total. The Kier molecular flexibility index (Phi) is 13.0. The number of aryl methyl sites for hydroxylation is 1. The number of ether oxygens (including phenoxy) is 1. The molecule has 0 aliphatic carbocycles. The molecule has 1 aromatic heterocycles. The van der Waals surface area contributed by atoms with Crippen LogP contribution in [0.4, 0.5) is 0 Å². The maximum atomic E-state index is 11.9. The molecule has 0 aliphatic heterocycles. The third-order valence-electron chi connectivity index (χ3n) is 3.44. The van der Waals surface area contributed by atoms with Gasteiger partial charge in [0.1, 0.15) is 9.88 Å².